The molecule has 4 N–H and O–H groups in total. The normalized spacial score (nSPS) is 13.7. The number of nitrogens with one attached hydrogen (secondary N) is 3. The highest BCUT2D eigenvalue weighted by molar-refractivity contribution is 6.09. The van der Waals surface area contributed by atoms with Gasteiger partial charge >= 0.3 is 0 Å². The molecule has 11 nitrogen and oxygen atoms in total. The topological polar surface area (TPSA) is 155 Å². The Morgan fingerprint density at radius 1 is 0.936 bits per heavy atom. The van der Waals surface area contributed by atoms with Crippen molar-refractivity contribution in [2.75, 3.05) is 5.32 Å². The number of aromatic nitrogens is 3. The maximum absolute atomic E-state index is 13.8. The summed E-state index contributed by atoms with van der Waals surface area (Å²) in [4.78, 5) is 56.8. The van der Waals surface area contributed by atoms with Crippen molar-refractivity contribution in [3.05, 3.63) is 123 Å². The van der Waals surface area contributed by atoms with Crippen LogP contribution < -0.4 is 16.0 Å². The van der Waals surface area contributed by atoms with E-state index in [0.717, 1.165) is 33.3 Å². The number of Topliss-reactive ketones (excluding diaryl/α,β-unsaturated/α-hetero) is 1. The Labute approximate surface area is 266 Å². The van der Waals surface area contributed by atoms with Gasteiger partial charge in [0, 0.05) is 23.9 Å². The van der Waals surface area contributed by atoms with Crippen LogP contribution in [0, 0.1) is 18.6 Å². The Bertz CT molecular complexity index is 2090. The van der Waals surface area contributed by atoms with E-state index in [1.54, 1.807) is 6.07 Å². The van der Waals surface area contributed by atoms with Crippen LogP contribution >= 0.6 is 0 Å². The van der Waals surface area contributed by atoms with Gasteiger partial charge in [-0.3, -0.25) is 19.2 Å². The SMILES string of the molecule is CC(=O)c1ccc2c(c1C)CC[C@@H]2NC(=O)c1cc(C(=O)NCc2ccc(F)c(F)c2)nc2c(C(=O)Nc3ccc(O)cc3)cnn12. The largest absolute Gasteiger partial charge is 0.508 e. The number of anilines is 1. The van der Waals surface area contributed by atoms with Crippen LogP contribution in [-0.4, -0.2) is 43.2 Å². The lowest BCUT2D eigenvalue weighted by Crippen LogP contribution is -2.31. The summed E-state index contributed by atoms with van der Waals surface area (Å²) in [6, 6.07) is 13.4. The van der Waals surface area contributed by atoms with E-state index in [1.807, 2.05) is 13.0 Å². The van der Waals surface area contributed by atoms with Crippen LogP contribution in [0.4, 0.5) is 14.5 Å². The van der Waals surface area contributed by atoms with Crippen molar-refractivity contribution in [1.82, 2.24) is 25.2 Å². The van der Waals surface area contributed by atoms with Gasteiger partial charge in [-0.2, -0.15) is 5.10 Å². The Morgan fingerprint density at radius 2 is 1.70 bits per heavy atom. The zero-order valence-corrected chi connectivity index (χ0v) is 25.2. The molecule has 6 rings (SSSR count). The fraction of sp³-hybridized carbons (Fsp3) is 0.176. The van der Waals surface area contributed by atoms with Gasteiger partial charge < -0.3 is 21.1 Å². The van der Waals surface area contributed by atoms with Crippen molar-refractivity contribution >= 4 is 34.8 Å². The van der Waals surface area contributed by atoms with Gasteiger partial charge in [0.05, 0.1) is 12.2 Å². The molecule has 0 saturated heterocycles. The molecule has 3 aromatic carbocycles. The molecule has 238 valence electrons. The summed E-state index contributed by atoms with van der Waals surface area (Å²) in [5, 5.41) is 22.1. The minimum atomic E-state index is -1.07. The number of phenolic OH excluding ortho intramolecular Hbond substituents is 1. The number of phenols is 1. The van der Waals surface area contributed by atoms with Crippen LogP contribution in [0.15, 0.2) is 66.9 Å². The van der Waals surface area contributed by atoms with Crippen molar-refractivity contribution in [3.63, 3.8) is 0 Å². The van der Waals surface area contributed by atoms with Gasteiger partial charge in [-0.1, -0.05) is 18.2 Å². The molecule has 0 aliphatic heterocycles. The summed E-state index contributed by atoms with van der Waals surface area (Å²) in [7, 11) is 0. The number of fused-ring (bicyclic) bond motifs is 2. The first-order chi connectivity index (χ1) is 22.5. The number of nitrogens with zero attached hydrogens (tertiary/aromatic N) is 3. The molecule has 13 heteroatoms. The number of hydrogen-bond acceptors (Lipinski definition) is 7. The first-order valence-corrected chi connectivity index (χ1v) is 14.7. The van der Waals surface area contributed by atoms with Crippen molar-refractivity contribution in [1.29, 1.82) is 0 Å². The third-order valence-electron chi connectivity index (χ3n) is 8.12. The molecule has 0 radical (unpaired) electrons. The number of hydrogen-bond donors (Lipinski definition) is 4. The molecule has 0 saturated carbocycles. The summed E-state index contributed by atoms with van der Waals surface area (Å²) in [6.45, 7) is 3.22. The molecule has 47 heavy (non-hydrogen) atoms. The maximum Gasteiger partial charge on any atom is 0.270 e. The van der Waals surface area contributed by atoms with Gasteiger partial charge in [0.15, 0.2) is 23.1 Å². The molecule has 2 aromatic heterocycles. The Morgan fingerprint density at radius 3 is 2.43 bits per heavy atom. The molecular weight excluding hydrogens is 610 g/mol. The molecule has 5 aromatic rings. The highest BCUT2D eigenvalue weighted by Gasteiger charge is 2.29. The molecule has 0 spiro atoms. The molecule has 1 aliphatic carbocycles. The third-order valence-corrected chi connectivity index (χ3v) is 8.12. The van der Waals surface area contributed by atoms with Gasteiger partial charge in [0.1, 0.15) is 22.7 Å². The zero-order chi connectivity index (χ0) is 33.4. The molecular formula is C34H28F2N6O5. The van der Waals surface area contributed by atoms with Crippen molar-refractivity contribution in [3.8, 4) is 5.75 Å². The van der Waals surface area contributed by atoms with Crippen LogP contribution in [0.2, 0.25) is 0 Å². The number of ketones is 1. The lowest BCUT2D eigenvalue weighted by atomic mass is 9.96. The second-order valence-corrected chi connectivity index (χ2v) is 11.2. The highest BCUT2D eigenvalue weighted by atomic mass is 19.2. The number of benzene rings is 3. The van der Waals surface area contributed by atoms with E-state index in [0.29, 0.717) is 24.1 Å². The van der Waals surface area contributed by atoms with E-state index in [-0.39, 0.29) is 52.3 Å². The van der Waals surface area contributed by atoms with Crippen LogP contribution in [-0.2, 0) is 13.0 Å². The van der Waals surface area contributed by atoms with E-state index in [2.05, 4.69) is 26.0 Å². The Balaban J connectivity index is 1.33. The first-order valence-electron chi connectivity index (χ1n) is 14.7. The van der Waals surface area contributed by atoms with E-state index in [4.69, 9.17) is 0 Å². The van der Waals surface area contributed by atoms with Gasteiger partial charge in [-0.15, -0.1) is 0 Å². The minimum Gasteiger partial charge on any atom is -0.508 e. The van der Waals surface area contributed by atoms with Gasteiger partial charge in [-0.05, 0) is 85.3 Å². The number of amides is 3. The molecule has 1 aliphatic rings. The Hall–Kier alpha value is -5.98. The first kappa shape index (κ1) is 31.0. The van der Waals surface area contributed by atoms with Gasteiger partial charge in [0.2, 0.25) is 0 Å². The lowest BCUT2D eigenvalue weighted by molar-refractivity contribution is 0.0926. The summed E-state index contributed by atoms with van der Waals surface area (Å²) < 4.78 is 28.3. The number of carbonyl (C=O) groups is 4. The van der Waals surface area contributed by atoms with Crippen LogP contribution in [0.25, 0.3) is 5.65 Å². The smallest absolute Gasteiger partial charge is 0.270 e. The van der Waals surface area contributed by atoms with Gasteiger partial charge in [0.25, 0.3) is 17.7 Å². The fourth-order valence-corrected chi connectivity index (χ4v) is 5.71. The predicted molar refractivity (Wildman–Crippen MR) is 166 cm³/mol. The minimum absolute atomic E-state index is 0.00896. The zero-order valence-electron chi connectivity index (χ0n) is 25.2. The third kappa shape index (κ3) is 6.15. The average Bonchev–Trinajstić information content (AvgIpc) is 3.67. The molecule has 0 bridgehead atoms. The summed E-state index contributed by atoms with van der Waals surface area (Å²) >= 11 is 0. The van der Waals surface area contributed by atoms with Crippen molar-refractivity contribution < 1.29 is 33.1 Å². The summed E-state index contributed by atoms with van der Waals surface area (Å²) in [6.07, 6.45) is 2.45. The quantitative estimate of drug-likeness (QED) is 0.140. The second kappa shape index (κ2) is 12.4. The monoisotopic (exact) mass is 638 g/mol. The summed E-state index contributed by atoms with van der Waals surface area (Å²) in [5.41, 5.74) is 3.60. The molecule has 0 unspecified atom stereocenters. The standard InChI is InChI=1S/C34H28F2N6O5/c1-17-22(18(2)43)8-9-24-23(17)10-12-28(24)41-34(47)30-14-29(33(46)37-15-19-3-11-26(35)27(36)13-19)40-31-25(16-38-42(30)31)32(45)39-20-4-6-21(44)7-5-20/h3-9,11,13-14,16,28,44H,10,12,15H2,1-2H3,(H,37,46)(H,39,45)(H,41,47)/t28-/m0/s1. The van der Waals surface area contributed by atoms with Crippen LogP contribution in [0.3, 0.4) is 0 Å². The Kier molecular flexibility index (Phi) is 8.20. The average molecular weight is 639 g/mol. The highest BCUT2D eigenvalue weighted by Crippen LogP contribution is 2.35. The maximum atomic E-state index is 13.8. The molecule has 2 heterocycles. The van der Waals surface area contributed by atoms with E-state index in [1.165, 1.54) is 49.5 Å². The van der Waals surface area contributed by atoms with Crippen molar-refractivity contribution in [2.24, 2.45) is 0 Å². The molecule has 3 amide bonds. The number of halogens is 2. The second-order valence-electron chi connectivity index (χ2n) is 11.2. The van der Waals surface area contributed by atoms with E-state index in [9.17, 15) is 33.1 Å². The van der Waals surface area contributed by atoms with Crippen LogP contribution in [0.1, 0.15) is 83.3 Å². The summed E-state index contributed by atoms with van der Waals surface area (Å²) in [5.74, 6) is -4.10. The number of aromatic hydroxyl groups is 1. The van der Waals surface area contributed by atoms with E-state index >= 15 is 0 Å². The van der Waals surface area contributed by atoms with Gasteiger partial charge in [-0.25, -0.2) is 18.3 Å². The lowest BCUT2D eigenvalue weighted by Gasteiger charge is -2.16. The molecule has 1 atom stereocenters. The van der Waals surface area contributed by atoms with Crippen molar-refractivity contribution in [2.45, 2.75) is 39.3 Å². The van der Waals surface area contributed by atoms with E-state index < -0.39 is 29.4 Å². The fourth-order valence-electron chi connectivity index (χ4n) is 5.71. The molecule has 0 fully saturated rings. The van der Waals surface area contributed by atoms with Crippen LogP contribution in [0.5, 0.6) is 5.75 Å². The predicted octanol–water partition coefficient (Wildman–Crippen LogP) is 4.82. The number of rotatable bonds is 8. The number of carbonyl (C=O) groups excluding carboxylic acids is 4.